The first-order valence-corrected chi connectivity index (χ1v) is 6.83. The first-order valence-electron chi connectivity index (χ1n) is 6.83. The van der Waals surface area contributed by atoms with Crippen LogP contribution in [-0.2, 0) is 24.0 Å². The van der Waals surface area contributed by atoms with Crippen LogP contribution in [0.4, 0.5) is 0 Å². The summed E-state index contributed by atoms with van der Waals surface area (Å²) in [6.45, 7) is 4.06. The van der Waals surface area contributed by atoms with E-state index in [-0.39, 0.29) is 12.8 Å². The lowest BCUT2D eigenvalue weighted by molar-refractivity contribution is -0.146. The lowest BCUT2D eigenvalue weighted by atomic mass is 10.2. The lowest BCUT2D eigenvalue weighted by Crippen LogP contribution is -2.54. The van der Waals surface area contributed by atoms with Gasteiger partial charge in [-0.2, -0.15) is 0 Å². The summed E-state index contributed by atoms with van der Waals surface area (Å²) in [5.74, 6) is -3.38. The van der Waals surface area contributed by atoms with E-state index >= 15 is 0 Å². The number of nitrogens with zero attached hydrogens (tertiary/aromatic N) is 1. The van der Waals surface area contributed by atoms with Gasteiger partial charge in [-0.15, -0.1) is 0 Å². The molecule has 122 valence electrons. The van der Waals surface area contributed by atoms with Crippen molar-refractivity contribution in [3.8, 4) is 0 Å². The number of amides is 4. The van der Waals surface area contributed by atoms with Crippen LogP contribution in [0, 0.1) is 0 Å². The number of nitrogens with one attached hydrogen (secondary N) is 2. The molecule has 1 aliphatic heterocycles. The van der Waals surface area contributed by atoms with Crippen LogP contribution in [0.5, 0.6) is 0 Å². The SMILES string of the molecule is C[C@H](NC(=O)[C@H](C)NC(=O)[C@H](C)N1C(=O)CCC1=O)C(=O)O. The minimum absolute atomic E-state index is 0.0720. The van der Waals surface area contributed by atoms with E-state index in [0.29, 0.717) is 0 Å². The number of carbonyl (C=O) groups is 5. The quantitative estimate of drug-likeness (QED) is 0.518. The maximum atomic E-state index is 12.0. The molecule has 3 atom stereocenters. The maximum Gasteiger partial charge on any atom is 0.325 e. The van der Waals surface area contributed by atoms with E-state index in [4.69, 9.17) is 5.11 Å². The third kappa shape index (κ3) is 4.03. The number of aliphatic carboxylic acids is 1. The number of likely N-dealkylation sites (tertiary alicyclic amines) is 1. The number of hydrogen-bond donors (Lipinski definition) is 3. The summed E-state index contributed by atoms with van der Waals surface area (Å²) in [6.07, 6.45) is 0.144. The molecule has 0 aliphatic carbocycles. The monoisotopic (exact) mass is 313 g/mol. The standard InChI is InChI=1S/C13H19N3O6/c1-6(11(19)15-7(2)13(21)22)14-12(20)8(3)16-9(17)4-5-10(16)18/h6-8H,4-5H2,1-3H3,(H,14,20)(H,15,19)(H,21,22)/t6-,7-,8-/m0/s1. The summed E-state index contributed by atoms with van der Waals surface area (Å²) < 4.78 is 0. The normalized spacial score (nSPS) is 18.6. The molecular weight excluding hydrogens is 294 g/mol. The first kappa shape index (κ1) is 17.6. The van der Waals surface area contributed by atoms with Gasteiger partial charge in [-0.25, -0.2) is 0 Å². The summed E-state index contributed by atoms with van der Waals surface area (Å²) in [6, 6.07) is -3.11. The highest BCUT2D eigenvalue weighted by atomic mass is 16.4. The van der Waals surface area contributed by atoms with Crippen molar-refractivity contribution in [2.75, 3.05) is 0 Å². The van der Waals surface area contributed by atoms with Crippen LogP contribution in [-0.4, -0.2) is 57.7 Å². The molecule has 0 radical (unpaired) electrons. The maximum absolute atomic E-state index is 12.0. The Morgan fingerprint density at radius 1 is 0.955 bits per heavy atom. The molecule has 0 saturated carbocycles. The Balaban J connectivity index is 2.60. The van der Waals surface area contributed by atoms with Gasteiger partial charge in [-0.3, -0.25) is 28.9 Å². The summed E-state index contributed by atoms with van der Waals surface area (Å²) in [5, 5.41) is 13.3. The zero-order chi connectivity index (χ0) is 17.0. The van der Waals surface area contributed by atoms with E-state index in [1.807, 2.05) is 0 Å². The Morgan fingerprint density at radius 3 is 1.86 bits per heavy atom. The van der Waals surface area contributed by atoms with Crippen molar-refractivity contribution in [3.05, 3.63) is 0 Å². The van der Waals surface area contributed by atoms with Gasteiger partial charge in [-0.05, 0) is 20.8 Å². The van der Waals surface area contributed by atoms with Gasteiger partial charge in [0, 0.05) is 12.8 Å². The summed E-state index contributed by atoms with van der Waals surface area (Å²) in [4.78, 5) is 58.4. The number of rotatable bonds is 6. The summed E-state index contributed by atoms with van der Waals surface area (Å²) >= 11 is 0. The molecule has 0 spiro atoms. The Labute approximate surface area is 127 Å². The molecule has 1 fully saturated rings. The van der Waals surface area contributed by atoms with Crippen LogP contribution < -0.4 is 10.6 Å². The molecule has 1 aliphatic rings. The van der Waals surface area contributed by atoms with Crippen molar-refractivity contribution >= 4 is 29.6 Å². The van der Waals surface area contributed by atoms with Crippen molar-refractivity contribution in [2.45, 2.75) is 51.7 Å². The fourth-order valence-electron chi connectivity index (χ4n) is 1.94. The van der Waals surface area contributed by atoms with Crippen molar-refractivity contribution in [1.29, 1.82) is 0 Å². The molecule has 0 aromatic heterocycles. The summed E-state index contributed by atoms with van der Waals surface area (Å²) in [5.41, 5.74) is 0. The minimum Gasteiger partial charge on any atom is -0.480 e. The molecule has 3 N–H and O–H groups in total. The Bertz CT molecular complexity index is 502. The third-order valence-corrected chi connectivity index (χ3v) is 3.34. The van der Waals surface area contributed by atoms with Gasteiger partial charge >= 0.3 is 5.97 Å². The van der Waals surface area contributed by atoms with E-state index in [9.17, 15) is 24.0 Å². The molecule has 0 unspecified atom stereocenters. The molecule has 4 amide bonds. The number of carboxylic acids is 1. The fourth-order valence-corrected chi connectivity index (χ4v) is 1.94. The Hall–Kier alpha value is -2.45. The van der Waals surface area contributed by atoms with E-state index in [0.717, 1.165) is 4.90 Å². The van der Waals surface area contributed by atoms with Crippen molar-refractivity contribution in [1.82, 2.24) is 15.5 Å². The van der Waals surface area contributed by atoms with Gasteiger partial charge in [0.25, 0.3) is 0 Å². The highest BCUT2D eigenvalue weighted by Crippen LogP contribution is 2.15. The Morgan fingerprint density at radius 2 is 1.41 bits per heavy atom. The second-order valence-corrected chi connectivity index (χ2v) is 5.13. The zero-order valence-corrected chi connectivity index (χ0v) is 12.6. The number of hydrogen-bond acceptors (Lipinski definition) is 5. The molecule has 0 aromatic rings. The molecule has 1 rings (SSSR count). The largest absolute Gasteiger partial charge is 0.480 e. The van der Waals surface area contributed by atoms with Crippen LogP contribution in [0.2, 0.25) is 0 Å². The highest BCUT2D eigenvalue weighted by molar-refractivity contribution is 6.05. The molecule has 0 aromatic carbocycles. The minimum atomic E-state index is -1.20. The van der Waals surface area contributed by atoms with Crippen LogP contribution in [0.3, 0.4) is 0 Å². The van der Waals surface area contributed by atoms with Gasteiger partial charge in [0.1, 0.15) is 18.1 Å². The topological polar surface area (TPSA) is 133 Å². The number of imide groups is 1. The second-order valence-electron chi connectivity index (χ2n) is 5.13. The van der Waals surface area contributed by atoms with E-state index in [2.05, 4.69) is 10.6 Å². The molecule has 1 saturated heterocycles. The van der Waals surface area contributed by atoms with Crippen LogP contribution >= 0.6 is 0 Å². The van der Waals surface area contributed by atoms with E-state index in [1.54, 1.807) is 0 Å². The molecule has 9 heteroatoms. The predicted octanol–water partition coefficient (Wildman–Crippen LogP) is -1.38. The van der Waals surface area contributed by atoms with Crippen molar-refractivity contribution < 1.29 is 29.1 Å². The van der Waals surface area contributed by atoms with Gasteiger partial charge in [0.05, 0.1) is 0 Å². The van der Waals surface area contributed by atoms with Crippen LogP contribution in [0.25, 0.3) is 0 Å². The van der Waals surface area contributed by atoms with Crippen LogP contribution in [0.15, 0.2) is 0 Å². The van der Waals surface area contributed by atoms with E-state index < -0.39 is 47.7 Å². The molecule has 1 heterocycles. The zero-order valence-electron chi connectivity index (χ0n) is 12.6. The van der Waals surface area contributed by atoms with Crippen molar-refractivity contribution in [2.24, 2.45) is 0 Å². The third-order valence-electron chi connectivity index (χ3n) is 3.34. The highest BCUT2D eigenvalue weighted by Gasteiger charge is 2.36. The van der Waals surface area contributed by atoms with Gasteiger partial charge in [-0.1, -0.05) is 0 Å². The predicted molar refractivity (Wildman–Crippen MR) is 73.4 cm³/mol. The average Bonchev–Trinajstić information content (AvgIpc) is 2.76. The van der Waals surface area contributed by atoms with Gasteiger partial charge in [0.2, 0.25) is 23.6 Å². The molecule has 22 heavy (non-hydrogen) atoms. The number of carbonyl (C=O) groups excluding carboxylic acids is 4. The van der Waals surface area contributed by atoms with Gasteiger partial charge in [0.15, 0.2) is 0 Å². The van der Waals surface area contributed by atoms with Crippen LogP contribution in [0.1, 0.15) is 33.6 Å². The first-order chi connectivity index (χ1) is 10.1. The molecular formula is C13H19N3O6. The smallest absolute Gasteiger partial charge is 0.325 e. The van der Waals surface area contributed by atoms with Crippen molar-refractivity contribution in [3.63, 3.8) is 0 Å². The molecule has 9 nitrogen and oxygen atoms in total. The second kappa shape index (κ2) is 7.01. The van der Waals surface area contributed by atoms with Gasteiger partial charge < -0.3 is 15.7 Å². The number of carboxylic acid groups (broad SMARTS) is 1. The lowest BCUT2D eigenvalue weighted by Gasteiger charge is -2.23. The summed E-state index contributed by atoms with van der Waals surface area (Å²) in [7, 11) is 0. The molecule has 0 bridgehead atoms. The average molecular weight is 313 g/mol. The van der Waals surface area contributed by atoms with E-state index in [1.165, 1.54) is 20.8 Å². The Kier molecular flexibility index (Phi) is 5.61. The fraction of sp³-hybridized carbons (Fsp3) is 0.615.